The molecule has 3 aromatic carbocycles. The molecule has 36 heavy (non-hydrogen) atoms. The summed E-state index contributed by atoms with van der Waals surface area (Å²) in [4.78, 5) is 27.4. The van der Waals surface area contributed by atoms with Gasteiger partial charge in [-0.1, -0.05) is 26.0 Å². The standard InChI is InChI=1S/C28H25F2NO5/c1-4-36-23-12-7-17(13-20(23)15(2)3)26(33)24-25(16-5-9-19(32)10-6-16)31(28(35)27(24)34)18-8-11-21(29)22(30)14-18/h5-15,25,32-33H,4H2,1-3H3/b26-24-. The number of hydrogen-bond acceptors (Lipinski definition) is 5. The monoisotopic (exact) mass is 493 g/mol. The van der Waals surface area contributed by atoms with E-state index >= 15 is 0 Å². The number of Topliss-reactive ketones (excluding diaryl/α,β-unsaturated/α-hetero) is 1. The molecule has 8 heteroatoms. The van der Waals surface area contributed by atoms with E-state index in [0.29, 0.717) is 23.5 Å². The second kappa shape index (κ2) is 9.81. The fourth-order valence-corrected chi connectivity index (χ4v) is 4.30. The number of halogens is 2. The van der Waals surface area contributed by atoms with Gasteiger partial charge in [0.25, 0.3) is 11.7 Å². The van der Waals surface area contributed by atoms with Crippen LogP contribution in [0.25, 0.3) is 5.76 Å². The number of amides is 1. The van der Waals surface area contributed by atoms with Crippen molar-refractivity contribution in [3.63, 3.8) is 0 Å². The normalized spacial score (nSPS) is 17.2. The lowest BCUT2D eigenvalue weighted by atomic mass is 9.93. The molecule has 0 aliphatic carbocycles. The van der Waals surface area contributed by atoms with Crippen molar-refractivity contribution in [2.75, 3.05) is 11.5 Å². The number of anilines is 1. The summed E-state index contributed by atoms with van der Waals surface area (Å²) in [6, 6.07) is 12.4. The molecule has 4 rings (SSSR count). The zero-order valence-corrected chi connectivity index (χ0v) is 20.0. The number of phenolic OH excluding ortho intramolecular Hbond substituents is 1. The molecule has 1 heterocycles. The van der Waals surface area contributed by atoms with E-state index in [1.807, 2.05) is 20.8 Å². The van der Waals surface area contributed by atoms with Crippen LogP contribution in [0.3, 0.4) is 0 Å². The van der Waals surface area contributed by atoms with E-state index in [-0.39, 0.29) is 22.9 Å². The Balaban J connectivity index is 1.94. The molecule has 0 radical (unpaired) electrons. The molecule has 186 valence electrons. The molecule has 1 saturated heterocycles. The highest BCUT2D eigenvalue weighted by Gasteiger charge is 2.47. The van der Waals surface area contributed by atoms with Gasteiger partial charge in [-0.3, -0.25) is 14.5 Å². The molecule has 6 nitrogen and oxygen atoms in total. The fraction of sp³-hybridized carbons (Fsp3) is 0.214. The molecule has 0 aromatic heterocycles. The number of aliphatic hydroxyl groups excluding tert-OH is 1. The molecule has 0 saturated carbocycles. The molecule has 1 amide bonds. The van der Waals surface area contributed by atoms with E-state index in [1.54, 1.807) is 18.2 Å². The zero-order chi connectivity index (χ0) is 26.1. The summed E-state index contributed by atoms with van der Waals surface area (Å²) in [5, 5.41) is 21.1. The van der Waals surface area contributed by atoms with Crippen LogP contribution in [0.1, 0.15) is 49.4 Å². The van der Waals surface area contributed by atoms with Crippen LogP contribution in [-0.2, 0) is 9.59 Å². The van der Waals surface area contributed by atoms with Crippen molar-refractivity contribution < 1.29 is 33.3 Å². The summed E-state index contributed by atoms with van der Waals surface area (Å²) < 4.78 is 33.4. The Morgan fingerprint density at radius 1 is 1.00 bits per heavy atom. The van der Waals surface area contributed by atoms with Crippen LogP contribution in [0.5, 0.6) is 11.5 Å². The van der Waals surface area contributed by atoms with Gasteiger partial charge in [0.2, 0.25) is 0 Å². The molecular weight excluding hydrogens is 468 g/mol. The second-order valence-electron chi connectivity index (χ2n) is 8.70. The number of phenols is 1. The number of benzene rings is 3. The van der Waals surface area contributed by atoms with Crippen LogP contribution in [0.15, 0.2) is 66.2 Å². The number of aromatic hydroxyl groups is 1. The number of ketones is 1. The van der Waals surface area contributed by atoms with E-state index in [1.165, 1.54) is 30.3 Å². The van der Waals surface area contributed by atoms with Crippen LogP contribution in [0.2, 0.25) is 0 Å². The Kier molecular flexibility index (Phi) is 6.79. The van der Waals surface area contributed by atoms with E-state index in [4.69, 9.17) is 4.74 Å². The van der Waals surface area contributed by atoms with Crippen LogP contribution >= 0.6 is 0 Å². The minimum atomic E-state index is -1.19. The largest absolute Gasteiger partial charge is 0.508 e. The SMILES string of the molecule is CCOc1ccc(/C(O)=C2/C(=O)C(=O)N(c3ccc(F)c(F)c3)C2c2ccc(O)cc2)cc1C(C)C. The Morgan fingerprint density at radius 3 is 2.31 bits per heavy atom. The van der Waals surface area contributed by atoms with Gasteiger partial charge in [-0.15, -0.1) is 0 Å². The molecule has 3 aromatic rings. The van der Waals surface area contributed by atoms with E-state index in [0.717, 1.165) is 22.6 Å². The molecule has 1 aliphatic rings. The van der Waals surface area contributed by atoms with Crippen molar-refractivity contribution in [2.24, 2.45) is 0 Å². The number of carbonyl (C=O) groups is 2. The van der Waals surface area contributed by atoms with Gasteiger partial charge in [-0.05, 0) is 66.4 Å². The predicted octanol–water partition coefficient (Wildman–Crippen LogP) is 5.82. The number of nitrogens with zero attached hydrogens (tertiary/aromatic N) is 1. The Morgan fingerprint density at radius 2 is 1.69 bits per heavy atom. The Labute approximate surface area is 207 Å². The van der Waals surface area contributed by atoms with Gasteiger partial charge in [-0.25, -0.2) is 8.78 Å². The highest BCUT2D eigenvalue weighted by Crippen LogP contribution is 2.43. The van der Waals surface area contributed by atoms with E-state index in [9.17, 15) is 28.6 Å². The molecule has 1 aliphatic heterocycles. The van der Waals surface area contributed by atoms with Crippen LogP contribution in [0.4, 0.5) is 14.5 Å². The van der Waals surface area contributed by atoms with E-state index < -0.39 is 35.1 Å². The first-order chi connectivity index (χ1) is 17.1. The van der Waals surface area contributed by atoms with Crippen LogP contribution < -0.4 is 9.64 Å². The molecule has 1 unspecified atom stereocenters. The highest BCUT2D eigenvalue weighted by atomic mass is 19.2. The maximum absolute atomic E-state index is 14.1. The number of hydrogen-bond donors (Lipinski definition) is 2. The highest BCUT2D eigenvalue weighted by molar-refractivity contribution is 6.51. The summed E-state index contributed by atoms with van der Waals surface area (Å²) in [6.45, 7) is 6.22. The van der Waals surface area contributed by atoms with Gasteiger partial charge in [0.15, 0.2) is 11.6 Å². The summed E-state index contributed by atoms with van der Waals surface area (Å²) in [5.41, 5.74) is 1.22. The summed E-state index contributed by atoms with van der Waals surface area (Å²) in [7, 11) is 0. The third-order valence-corrected chi connectivity index (χ3v) is 6.04. The molecule has 0 spiro atoms. The quantitative estimate of drug-likeness (QED) is 0.257. The first-order valence-electron chi connectivity index (χ1n) is 11.5. The number of aliphatic hydroxyl groups is 1. The van der Waals surface area contributed by atoms with Crippen molar-refractivity contribution in [3.05, 3.63) is 94.6 Å². The Hall–Kier alpha value is -4.20. The maximum Gasteiger partial charge on any atom is 0.300 e. The lowest BCUT2D eigenvalue weighted by molar-refractivity contribution is -0.132. The molecule has 0 bridgehead atoms. The van der Waals surface area contributed by atoms with Gasteiger partial charge < -0.3 is 14.9 Å². The van der Waals surface area contributed by atoms with Crippen molar-refractivity contribution in [1.82, 2.24) is 0 Å². The third-order valence-electron chi connectivity index (χ3n) is 6.04. The number of rotatable bonds is 6. The summed E-state index contributed by atoms with van der Waals surface area (Å²) in [5.74, 6) is -4.05. The maximum atomic E-state index is 14.1. The zero-order valence-electron chi connectivity index (χ0n) is 20.0. The minimum absolute atomic E-state index is 0.0387. The average Bonchev–Trinajstić information content (AvgIpc) is 3.11. The number of ether oxygens (including phenoxy) is 1. The smallest absolute Gasteiger partial charge is 0.300 e. The molecule has 1 fully saturated rings. The van der Waals surface area contributed by atoms with Gasteiger partial charge in [0.05, 0.1) is 18.2 Å². The van der Waals surface area contributed by atoms with Crippen LogP contribution in [0, 0.1) is 11.6 Å². The third kappa shape index (κ3) is 4.42. The topological polar surface area (TPSA) is 87.1 Å². The summed E-state index contributed by atoms with van der Waals surface area (Å²) >= 11 is 0. The van der Waals surface area contributed by atoms with Gasteiger partial charge in [0.1, 0.15) is 17.3 Å². The summed E-state index contributed by atoms with van der Waals surface area (Å²) in [6.07, 6.45) is 0. The minimum Gasteiger partial charge on any atom is -0.508 e. The average molecular weight is 494 g/mol. The number of carbonyl (C=O) groups excluding carboxylic acids is 2. The van der Waals surface area contributed by atoms with E-state index in [2.05, 4.69) is 0 Å². The Bertz CT molecular complexity index is 1360. The van der Waals surface area contributed by atoms with Crippen molar-refractivity contribution >= 4 is 23.1 Å². The first kappa shape index (κ1) is 24.9. The first-order valence-corrected chi connectivity index (χ1v) is 11.5. The lowest BCUT2D eigenvalue weighted by Gasteiger charge is -2.25. The van der Waals surface area contributed by atoms with Gasteiger partial charge in [-0.2, -0.15) is 0 Å². The molecule has 1 atom stereocenters. The fourth-order valence-electron chi connectivity index (χ4n) is 4.30. The van der Waals surface area contributed by atoms with Crippen molar-refractivity contribution in [1.29, 1.82) is 0 Å². The van der Waals surface area contributed by atoms with Crippen molar-refractivity contribution in [3.8, 4) is 11.5 Å². The van der Waals surface area contributed by atoms with Crippen molar-refractivity contribution in [2.45, 2.75) is 32.7 Å². The van der Waals surface area contributed by atoms with Gasteiger partial charge in [0, 0.05) is 17.3 Å². The second-order valence-corrected chi connectivity index (χ2v) is 8.70. The lowest BCUT2D eigenvalue weighted by Crippen LogP contribution is -2.29. The van der Waals surface area contributed by atoms with Gasteiger partial charge >= 0.3 is 0 Å². The predicted molar refractivity (Wildman–Crippen MR) is 131 cm³/mol. The van der Waals surface area contributed by atoms with Crippen LogP contribution in [-0.4, -0.2) is 28.5 Å². The molecular formula is C28H25F2NO5. The molecule has 2 N–H and O–H groups in total.